The number of H-pyrrole nitrogens is 1. The molecule has 4 heteroatoms. The third-order valence-electron chi connectivity index (χ3n) is 2.75. The van der Waals surface area contributed by atoms with Crippen LogP contribution in [0.25, 0.3) is 22.4 Å². The number of alkyl halides is 1. The predicted octanol–water partition coefficient (Wildman–Crippen LogP) is 4.39. The molecule has 0 saturated carbocycles. The van der Waals surface area contributed by atoms with Crippen LogP contribution in [0.1, 0.15) is 5.56 Å². The van der Waals surface area contributed by atoms with E-state index in [9.17, 15) is 0 Å². The molecule has 1 aromatic heterocycles. The van der Waals surface area contributed by atoms with Crippen molar-refractivity contribution in [1.82, 2.24) is 9.97 Å². The van der Waals surface area contributed by atoms with Gasteiger partial charge in [-0.2, -0.15) is 0 Å². The standard InChI is InChI=1S/C14H11ClN2.ClH/c15-9-10-6-7-12-13(8-10)17-14(16-12)11-4-2-1-3-5-11;/h1-8H,9H2,(H,16,17);1H. The van der Waals surface area contributed by atoms with Gasteiger partial charge in [-0.1, -0.05) is 36.4 Å². The van der Waals surface area contributed by atoms with Gasteiger partial charge in [0.15, 0.2) is 0 Å². The molecule has 1 heterocycles. The van der Waals surface area contributed by atoms with E-state index in [0.29, 0.717) is 5.88 Å². The molecule has 18 heavy (non-hydrogen) atoms. The molecular formula is C14H12Cl2N2. The molecule has 2 nitrogen and oxygen atoms in total. The summed E-state index contributed by atoms with van der Waals surface area (Å²) in [7, 11) is 0. The number of halogens is 2. The van der Waals surface area contributed by atoms with Crippen molar-refractivity contribution in [3.8, 4) is 11.4 Å². The maximum Gasteiger partial charge on any atom is 0.138 e. The van der Waals surface area contributed by atoms with Crippen LogP contribution in [-0.2, 0) is 5.88 Å². The fraction of sp³-hybridized carbons (Fsp3) is 0.0714. The van der Waals surface area contributed by atoms with E-state index in [4.69, 9.17) is 11.6 Å². The number of hydrogen-bond acceptors (Lipinski definition) is 1. The van der Waals surface area contributed by atoms with Crippen molar-refractivity contribution in [2.24, 2.45) is 0 Å². The summed E-state index contributed by atoms with van der Waals surface area (Å²) in [6.07, 6.45) is 0. The molecular weight excluding hydrogens is 267 g/mol. The second-order valence-corrected chi connectivity index (χ2v) is 4.20. The summed E-state index contributed by atoms with van der Waals surface area (Å²) in [6, 6.07) is 16.1. The van der Waals surface area contributed by atoms with E-state index in [0.717, 1.165) is 28.0 Å². The Kier molecular flexibility index (Phi) is 3.90. The largest absolute Gasteiger partial charge is 0.338 e. The molecule has 92 valence electrons. The van der Waals surface area contributed by atoms with Crippen molar-refractivity contribution in [2.45, 2.75) is 5.88 Å². The first-order chi connectivity index (χ1) is 8.36. The van der Waals surface area contributed by atoms with Crippen molar-refractivity contribution >= 4 is 35.0 Å². The maximum absolute atomic E-state index is 5.82. The lowest BCUT2D eigenvalue weighted by molar-refractivity contribution is 1.33. The zero-order chi connectivity index (χ0) is 11.7. The molecule has 1 N–H and O–H groups in total. The molecule has 0 fully saturated rings. The lowest BCUT2D eigenvalue weighted by Gasteiger charge is -1.93. The number of imidazole rings is 1. The Morgan fingerprint density at radius 3 is 2.56 bits per heavy atom. The fourth-order valence-electron chi connectivity index (χ4n) is 1.87. The SMILES string of the molecule is Cl.ClCc1ccc2nc(-c3ccccc3)[nH]c2c1. The van der Waals surface area contributed by atoms with Gasteiger partial charge in [0.2, 0.25) is 0 Å². The number of aromatic amines is 1. The zero-order valence-corrected chi connectivity index (χ0v) is 11.1. The summed E-state index contributed by atoms with van der Waals surface area (Å²) in [6.45, 7) is 0. The van der Waals surface area contributed by atoms with Crippen LogP contribution in [0.3, 0.4) is 0 Å². The van der Waals surface area contributed by atoms with Crippen molar-refractivity contribution in [2.75, 3.05) is 0 Å². The smallest absolute Gasteiger partial charge is 0.138 e. The molecule has 3 aromatic rings. The van der Waals surface area contributed by atoms with Crippen molar-refractivity contribution in [3.63, 3.8) is 0 Å². The van der Waals surface area contributed by atoms with Crippen molar-refractivity contribution in [1.29, 1.82) is 0 Å². The van der Waals surface area contributed by atoms with E-state index >= 15 is 0 Å². The summed E-state index contributed by atoms with van der Waals surface area (Å²) < 4.78 is 0. The van der Waals surface area contributed by atoms with Crippen LogP contribution in [0.5, 0.6) is 0 Å². The number of benzene rings is 2. The van der Waals surface area contributed by atoms with E-state index in [-0.39, 0.29) is 12.4 Å². The van der Waals surface area contributed by atoms with Gasteiger partial charge in [-0.25, -0.2) is 4.98 Å². The van der Waals surface area contributed by atoms with E-state index in [1.807, 2.05) is 48.5 Å². The van der Waals surface area contributed by atoms with Crippen LogP contribution < -0.4 is 0 Å². The number of hydrogen-bond donors (Lipinski definition) is 1. The van der Waals surface area contributed by atoms with Gasteiger partial charge in [0, 0.05) is 11.4 Å². The molecule has 3 rings (SSSR count). The van der Waals surface area contributed by atoms with E-state index in [1.54, 1.807) is 0 Å². The first-order valence-corrected chi connectivity index (χ1v) is 6.00. The van der Waals surface area contributed by atoms with Crippen molar-refractivity contribution < 1.29 is 0 Å². The van der Waals surface area contributed by atoms with Gasteiger partial charge in [-0.3, -0.25) is 0 Å². The zero-order valence-electron chi connectivity index (χ0n) is 9.56. The lowest BCUT2D eigenvalue weighted by atomic mass is 10.2. The van der Waals surface area contributed by atoms with Crippen LogP contribution in [-0.4, -0.2) is 9.97 Å². The number of fused-ring (bicyclic) bond motifs is 1. The summed E-state index contributed by atoms with van der Waals surface area (Å²) in [5.41, 5.74) is 4.19. The summed E-state index contributed by atoms with van der Waals surface area (Å²) in [5.74, 6) is 1.42. The van der Waals surface area contributed by atoms with Crippen LogP contribution in [0.4, 0.5) is 0 Å². The van der Waals surface area contributed by atoms with Crippen LogP contribution in [0, 0.1) is 0 Å². The van der Waals surface area contributed by atoms with Gasteiger partial charge in [-0.15, -0.1) is 24.0 Å². The maximum atomic E-state index is 5.82. The third kappa shape index (κ3) is 2.35. The van der Waals surface area contributed by atoms with Crippen LogP contribution in [0.15, 0.2) is 48.5 Å². The van der Waals surface area contributed by atoms with Crippen LogP contribution >= 0.6 is 24.0 Å². The number of nitrogens with zero attached hydrogens (tertiary/aromatic N) is 1. The van der Waals surface area contributed by atoms with Crippen molar-refractivity contribution in [3.05, 3.63) is 54.1 Å². The third-order valence-corrected chi connectivity index (χ3v) is 3.06. The van der Waals surface area contributed by atoms with Gasteiger partial charge >= 0.3 is 0 Å². The highest BCUT2D eigenvalue weighted by Crippen LogP contribution is 2.21. The van der Waals surface area contributed by atoms with Gasteiger partial charge in [0.05, 0.1) is 11.0 Å². The normalized spacial score (nSPS) is 10.3. The Labute approximate surface area is 116 Å². The molecule has 2 aromatic carbocycles. The molecule has 0 aliphatic carbocycles. The fourth-order valence-corrected chi connectivity index (χ4v) is 2.04. The highest BCUT2D eigenvalue weighted by atomic mass is 35.5. The second kappa shape index (κ2) is 5.42. The quantitative estimate of drug-likeness (QED) is 0.692. The van der Waals surface area contributed by atoms with Gasteiger partial charge < -0.3 is 4.98 Å². The molecule has 0 amide bonds. The first kappa shape index (κ1) is 12.9. The Morgan fingerprint density at radius 2 is 1.83 bits per heavy atom. The lowest BCUT2D eigenvalue weighted by Crippen LogP contribution is -1.78. The number of rotatable bonds is 2. The van der Waals surface area contributed by atoms with Gasteiger partial charge in [-0.05, 0) is 17.7 Å². The van der Waals surface area contributed by atoms with Gasteiger partial charge in [0.25, 0.3) is 0 Å². The Balaban J connectivity index is 0.00000120. The van der Waals surface area contributed by atoms with Gasteiger partial charge in [0.1, 0.15) is 5.82 Å². The second-order valence-electron chi connectivity index (χ2n) is 3.94. The Morgan fingerprint density at radius 1 is 1.06 bits per heavy atom. The minimum Gasteiger partial charge on any atom is -0.338 e. The molecule has 0 radical (unpaired) electrons. The Bertz CT molecular complexity index is 647. The average Bonchev–Trinajstić information content (AvgIpc) is 2.82. The van der Waals surface area contributed by atoms with E-state index < -0.39 is 0 Å². The minimum absolute atomic E-state index is 0. The van der Waals surface area contributed by atoms with E-state index in [1.165, 1.54) is 0 Å². The minimum atomic E-state index is 0. The summed E-state index contributed by atoms with van der Waals surface area (Å²) >= 11 is 5.82. The molecule has 0 aliphatic rings. The average molecular weight is 279 g/mol. The highest BCUT2D eigenvalue weighted by Gasteiger charge is 2.04. The molecule has 0 bridgehead atoms. The Hall–Kier alpha value is -1.51. The summed E-state index contributed by atoms with van der Waals surface area (Å²) in [5, 5.41) is 0. The molecule has 0 aliphatic heterocycles. The molecule has 0 spiro atoms. The first-order valence-electron chi connectivity index (χ1n) is 5.47. The topological polar surface area (TPSA) is 28.7 Å². The number of aromatic nitrogens is 2. The monoisotopic (exact) mass is 278 g/mol. The number of nitrogens with one attached hydrogen (secondary N) is 1. The van der Waals surface area contributed by atoms with Crippen LogP contribution in [0.2, 0.25) is 0 Å². The molecule has 0 atom stereocenters. The molecule has 0 saturated heterocycles. The predicted molar refractivity (Wildman–Crippen MR) is 78.3 cm³/mol. The molecule has 0 unspecified atom stereocenters. The highest BCUT2D eigenvalue weighted by molar-refractivity contribution is 6.17. The van der Waals surface area contributed by atoms with E-state index in [2.05, 4.69) is 9.97 Å². The summed E-state index contributed by atoms with van der Waals surface area (Å²) in [4.78, 5) is 7.88.